The number of aldehydes is 1. The van der Waals surface area contributed by atoms with Crippen LogP contribution in [-0.2, 0) is 19.8 Å². The molecule has 1 saturated heterocycles. The second kappa shape index (κ2) is 5.99. The highest BCUT2D eigenvalue weighted by Gasteiger charge is 2.68. The lowest BCUT2D eigenvalue weighted by Gasteiger charge is -2.51. The highest BCUT2D eigenvalue weighted by atomic mass is 79.9. The molecule has 0 saturated carbocycles. The van der Waals surface area contributed by atoms with Gasteiger partial charge in [0.2, 0.25) is 11.8 Å². The standard InChI is InChI=1S/C25H16BrNO3/c26-18-11-5-6-12-19(18)27-23(29)21-20-14-7-1-3-9-16(14)25(13-28,22(21)24(27)30)17-10-4-2-8-15(17)20/h1-13,20-22H/t20?,21-,22-,25?/m0/s1. The van der Waals surface area contributed by atoms with Crippen molar-refractivity contribution in [2.45, 2.75) is 11.3 Å². The summed E-state index contributed by atoms with van der Waals surface area (Å²) in [4.78, 5) is 41.7. The molecule has 4 nitrogen and oxygen atoms in total. The molecule has 3 aliphatic carbocycles. The first-order valence-corrected chi connectivity index (χ1v) is 10.7. The van der Waals surface area contributed by atoms with Crippen molar-refractivity contribution in [1.29, 1.82) is 0 Å². The van der Waals surface area contributed by atoms with Crippen LogP contribution in [0.4, 0.5) is 5.69 Å². The van der Waals surface area contributed by atoms with Crippen LogP contribution < -0.4 is 4.90 Å². The van der Waals surface area contributed by atoms with E-state index in [2.05, 4.69) is 15.9 Å². The van der Waals surface area contributed by atoms with Gasteiger partial charge in [-0.05, 0) is 50.3 Å². The van der Waals surface area contributed by atoms with Crippen molar-refractivity contribution < 1.29 is 14.4 Å². The van der Waals surface area contributed by atoms with E-state index in [1.807, 2.05) is 60.7 Å². The van der Waals surface area contributed by atoms with Crippen molar-refractivity contribution in [1.82, 2.24) is 0 Å². The fourth-order valence-electron chi connectivity index (χ4n) is 5.90. The maximum absolute atomic E-state index is 13.8. The molecule has 2 atom stereocenters. The minimum atomic E-state index is -1.16. The third-order valence-corrected chi connectivity index (χ3v) is 7.63. The number of anilines is 1. The summed E-state index contributed by atoms with van der Waals surface area (Å²) in [5.41, 5.74) is 3.00. The number of benzene rings is 3. The summed E-state index contributed by atoms with van der Waals surface area (Å²) >= 11 is 3.48. The zero-order valence-corrected chi connectivity index (χ0v) is 17.4. The SMILES string of the molecule is O=CC12c3ccccc3C(c3ccccc31)[C@@H]1C(=O)N(c3ccccc3Br)C(=O)[C@H]12. The molecule has 146 valence electrons. The molecule has 3 aromatic carbocycles. The van der Waals surface area contributed by atoms with Crippen molar-refractivity contribution in [3.63, 3.8) is 0 Å². The van der Waals surface area contributed by atoms with Gasteiger partial charge in [-0.3, -0.25) is 9.59 Å². The summed E-state index contributed by atoms with van der Waals surface area (Å²) in [5, 5.41) is 0. The van der Waals surface area contributed by atoms with E-state index in [4.69, 9.17) is 0 Å². The van der Waals surface area contributed by atoms with Gasteiger partial charge in [-0.1, -0.05) is 60.7 Å². The topological polar surface area (TPSA) is 54.5 Å². The van der Waals surface area contributed by atoms with Crippen LogP contribution in [-0.4, -0.2) is 18.1 Å². The van der Waals surface area contributed by atoms with E-state index in [9.17, 15) is 14.4 Å². The molecule has 0 aromatic heterocycles. The van der Waals surface area contributed by atoms with Crippen LogP contribution in [0.3, 0.4) is 0 Å². The van der Waals surface area contributed by atoms with E-state index in [-0.39, 0.29) is 17.7 Å². The number of carbonyl (C=O) groups is 3. The second-order valence-corrected chi connectivity index (χ2v) is 8.96. The molecule has 5 heteroatoms. The van der Waals surface area contributed by atoms with E-state index in [1.165, 1.54) is 4.90 Å². The van der Waals surface area contributed by atoms with Crippen LogP contribution in [0.1, 0.15) is 28.2 Å². The maximum atomic E-state index is 13.8. The molecule has 0 spiro atoms. The van der Waals surface area contributed by atoms with Gasteiger partial charge < -0.3 is 4.79 Å². The summed E-state index contributed by atoms with van der Waals surface area (Å²) in [7, 11) is 0. The van der Waals surface area contributed by atoms with Crippen molar-refractivity contribution in [3.05, 3.63) is 99.5 Å². The average Bonchev–Trinajstić information content (AvgIpc) is 3.05. The van der Waals surface area contributed by atoms with Crippen LogP contribution in [0, 0.1) is 11.8 Å². The Kier molecular flexibility index (Phi) is 3.55. The lowest BCUT2D eigenvalue weighted by molar-refractivity contribution is -0.128. The van der Waals surface area contributed by atoms with Gasteiger partial charge in [0.25, 0.3) is 0 Å². The smallest absolute Gasteiger partial charge is 0.239 e. The molecular weight excluding hydrogens is 442 g/mol. The highest BCUT2D eigenvalue weighted by Crippen LogP contribution is 2.63. The van der Waals surface area contributed by atoms with E-state index in [0.717, 1.165) is 28.5 Å². The van der Waals surface area contributed by atoms with Gasteiger partial charge in [0.1, 0.15) is 6.29 Å². The van der Waals surface area contributed by atoms with Crippen molar-refractivity contribution in [3.8, 4) is 0 Å². The van der Waals surface area contributed by atoms with Gasteiger partial charge in [-0.15, -0.1) is 0 Å². The number of para-hydroxylation sites is 1. The first-order chi connectivity index (χ1) is 14.6. The number of halogens is 1. The molecule has 30 heavy (non-hydrogen) atoms. The number of hydrogen-bond acceptors (Lipinski definition) is 3. The average molecular weight is 458 g/mol. The Hall–Kier alpha value is -3.05. The zero-order chi connectivity index (χ0) is 20.6. The van der Waals surface area contributed by atoms with Gasteiger partial charge in [-0.2, -0.15) is 0 Å². The Balaban J connectivity index is 1.67. The largest absolute Gasteiger partial charge is 0.302 e. The van der Waals surface area contributed by atoms with Crippen LogP contribution in [0.5, 0.6) is 0 Å². The third kappa shape index (κ3) is 1.89. The molecule has 2 amide bonds. The molecule has 1 heterocycles. The Morgan fingerprint density at radius 1 is 0.800 bits per heavy atom. The summed E-state index contributed by atoms with van der Waals surface area (Å²) < 4.78 is 0.674. The molecule has 2 bridgehead atoms. The number of hydrogen-bond donors (Lipinski definition) is 0. The predicted octanol–water partition coefficient (Wildman–Crippen LogP) is 4.20. The Morgan fingerprint density at radius 2 is 1.37 bits per heavy atom. The summed E-state index contributed by atoms with van der Waals surface area (Å²) in [5.74, 6) is -2.13. The number of amides is 2. The van der Waals surface area contributed by atoms with E-state index in [1.54, 1.807) is 12.1 Å². The molecule has 4 aliphatic rings. The van der Waals surface area contributed by atoms with Gasteiger partial charge in [-0.25, -0.2) is 4.90 Å². The van der Waals surface area contributed by atoms with Crippen molar-refractivity contribution >= 4 is 39.7 Å². The number of carbonyl (C=O) groups excluding carboxylic acids is 3. The van der Waals surface area contributed by atoms with Gasteiger partial charge in [0.15, 0.2) is 0 Å². The Labute approximate surface area is 181 Å². The molecule has 3 aromatic rings. The molecular formula is C25H16BrNO3. The van der Waals surface area contributed by atoms with Crippen LogP contribution in [0.25, 0.3) is 0 Å². The minimum Gasteiger partial charge on any atom is -0.302 e. The minimum absolute atomic E-state index is 0.239. The molecule has 0 unspecified atom stereocenters. The molecule has 1 aliphatic heterocycles. The lowest BCUT2D eigenvalue weighted by Crippen LogP contribution is -2.54. The van der Waals surface area contributed by atoms with Crippen molar-refractivity contribution in [2.24, 2.45) is 11.8 Å². The highest BCUT2D eigenvalue weighted by molar-refractivity contribution is 9.10. The van der Waals surface area contributed by atoms with Crippen LogP contribution in [0.15, 0.2) is 77.3 Å². The van der Waals surface area contributed by atoms with Crippen LogP contribution >= 0.6 is 15.9 Å². The monoisotopic (exact) mass is 457 g/mol. The zero-order valence-electron chi connectivity index (χ0n) is 15.8. The predicted molar refractivity (Wildman–Crippen MR) is 115 cm³/mol. The normalized spacial score (nSPS) is 28.2. The summed E-state index contributed by atoms with van der Waals surface area (Å²) in [6.45, 7) is 0. The molecule has 0 N–H and O–H groups in total. The Morgan fingerprint density at radius 3 is 1.97 bits per heavy atom. The second-order valence-electron chi connectivity index (χ2n) is 8.11. The molecule has 0 radical (unpaired) electrons. The number of imide groups is 1. The van der Waals surface area contributed by atoms with Crippen molar-refractivity contribution in [2.75, 3.05) is 4.90 Å². The first-order valence-electron chi connectivity index (χ1n) is 9.88. The number of rotatable bonds is 2. The van der Waals surface area contributed by atoms with Gasteiger partial charge in [0, 0.05) is 10.4 Å². The fraction of sp³-hybridized carbons (Fsp3) is 0.160. The quantitative estimate of drug-likeness (QED) is 0.428. The lowest BCUT2D eigenvalue weighted by atomic mass is 9.48. The summed E-state index contributed by atoms with van der Waals surface area (Å²) in [6.07, 6.45) is 0.895. The summed E-state index contributed by atoms with van der Waals surface area (Å²) in [6, 6.07) is 22.7. The third-order valence-electron chi connectivity index (χ3n) is 6.96. The number of nitrogens with zero attached hydrogens (tertiary/aromatic N) is 1. The molecule has 7 rings (SSSR count). The van der Waals surface area contributed by atoms with Crippen LogP contribution in [0.2, 0.25) is 0 Å². The first kappa shape index (κ1) is 17.8. The van der Waals surface area contributed by atoms with Gasteiger partial charge >= 0.3 is 0 Å². The Bertz CT molecular complexity index is 1220. The van der Waals surface area contributed by atoms with Gasteiger partial charge in [0.05, 0.1) is 22.9 Å². The maximum Gasteiger partial charge on any atom is 0.239 e. The fourth-order valence-corrected chi connectivity index (χ4v) is 6.36. The molecule has 1 fully saturated rings. The van der Waals surface area contributed by atoms with E-state index < -0.39 is 17.3 Å². The van der Waals surface area contributed by atoms with E-state index >= 15 is 0 Å². The van der Waals surface area contributed by atoms with E-state index in [0.29, 0.717) is 10.2 Å².